The molecule has 0 bridgehead atoms. The second-order valence-electron chi connectivity index (χ2n) is 6.23. The van der Waals surface area contributed by atoms with Crippen molar-refractivity contribution in [3.05, 3.63) is 53.6 Å². The number of benzene rings is 2. The Kier molecular flexibility index (Phi) is 5.80. The summed E-state index contributed by atoms with van der Waals surface area (Å²) in [5.41, 5.74) is 1.77. The van der Waals surface area contributed by atoms with Crippen LogP contribution in [0.4, 0.5) is 0 Å². The van der Waals surface area contributed by atoms with Gasteiger partial charge < -0.3 is 24.6 Å². The number of nitrogens with one attached hydrogen (secondary N) is 1. The topological polar surface area (TPSA) is 94.1 Å². The van der Waals surface area contributed by atoms with Crippen LogP contribution in [0.2, 0.25) is 0 Å². The molecule has 0 saturated carbocycles. The van der Waals surface area contributed by atoms with Crippen molar-refractivity contribution in [2.24, 2.45) is 5.92 Å². The van der Waals surface area contributed by atoms with Crippen molar-refractivity contribution in [1.29, 1.82) is 0 Å². The van der Waals surface area contributed by atoms with Crippen LogP contribution >= 0.6 is 0 Å². The maximum Gasteiger partial charge on any atom is 0.341 e. The molecule has 0 aliphatic carbocycles. The smallest absolute Gasteiger partial charge is 0.341 e. The second kappa shape index (κ2) is 8.44. The van der Waals surface area contributed by atoms with Crippen LogP contribution in [0.5, 0.6) is 17.2 Å². The summed E-state index contributed by atoms with van der Waals surface area (Å²) >= 11 is 0. The molecular weight excluding hydrogens is 350 g/mol. The summed E-state index contributed by atoms with van der Waals surface area (Å²) in [5.74, 6) is 0.546. The van der Waals surface area contributed by atoms with Gasteiger partial charge in [-0.3, -0.25) is 4.79 Å². The molecule has 2 aromatic rings. The monoisotopic (exact) mass is 371 g/mol. The summed E-state index contributed by atoms with van der Waals surface area (Å²) in [7, 11) is 1.60. The number of aliphatic carboxylic acids is 1. The van der Waals surface area contributed by atoms with Crippen LogP contribution in [0.25, 0.3) is 0 Å². The molecule has 3 rings (SSSR count). The molecule has 1 amide bonds. The van der Waals surface area contributed by atoms with Crippen molar-refractivity contribution in [3.8, 4) is 17.2 Å². The van der Waals surface area contributed by atoms with E-state index in [-0.39, 0.29) is 11.8 Å². The molecule has 142 valence electrons. The lowest BCUT2D eigenvalue weighted by Crippen LogP contribution is -2.37. The van der Waals surface area contributed by atoms with Crippen molar-refractivity contribution >= 4 is 11.9 Å². The van der Waals surface area contributed by atoms with Gasteiger partial charge in [0.25, 0.3) is 0 Å². The maximum absolute atomic E-state index is 12.5. The third kappa shape index (κ3) is 4.91. The molecule has 0 aromatic heterocycles. The number of methoxy groups -OCH3 is 1. The van der Waals surface area contributed by atoms with Crippen molar-refractivity contribution in [2.45, 2.75) is 13.0 Å². The normalized spacial score (nSPS) is 15.2. The van der Waals surface area contributed by atoms with Crippen LogP contribution in [0, 0.1) is 5.92 Å². The molecule has 0 radical (unpaired) electrons. The lowest BCUT2D eigenvalue weighted by Gasteiger charge is -2.25. The number of amides is 1. The Morgan fingerprint density at radius 3 is 2.85 bits per heavy atom. The SMILES string of the molecule is COc1ccc2c(c1)CC(C(=O)NCc1cccc(OCC(=O)O)c1)CO2. The van der Waals surface area contributed by atoms with Gasteiger partial charge in [-0.2, -0.15) is 0 Å². The fourth-order valence-corrected chi connectivity index (χ4v) is 2.89. The number of ether oxygens (including phenoxy) is 3. The zero-order valence-electron chi connectivity index (χ0n) is 14.9. The minimum absolute atomic E-state index is 0.0969. The first kappa shape index (κ1) is 18.6. The summed E-state index contributed by atoms with van der Waals surface area (Å²) in [6.45, 7) is 0.246. The molecule has 1 atom stereocenters. The first-order chi connectivity index (χ1) is 13.0. The minimum atomic E-state index is -1.04. The Labute approximate surface area is 156 Å². The Balaban J connectivity index is 1.56. The van der Waals surface area contributed by atoms with E-state index in [1.165, 1.54) is 0 Å². The van der Waals surface area contributed by atoms with Gasteiger partial charge in [-0.15, -0.1) is 0 Å². The number of carboxylic acids is 1. The Hall–Kier alpha value is -3.22. The molecule has 1 heterocycles. The van der Waals surface area contributed by atoms with Gasteiger partial charge in [-0.25, -0.2) is 4.79 Å². The Morgan fingerprint density at radius 2 is 2.07 bits per heavy atom. The number of hydrogen-bond acceptors (Lipinski definition) is 5. The summed E-state index contributed by atoms with van der Waals surface area (Å²) in [6, 6.07) is 12.5. The molecule has 7 nitrogen and oxygen atoms in total. The van der Waals surface area contributed by atoms with Gasteiger partial charge in [0, 0.05) is 6.54 Å². The van der Waals surface area contributed by atoms with Gasteiger partial charge in [-0.05, 0) is 47.9 Å². The van der Waals surface area contributed by atoms with Crippen LogP contribution < -0.4 is 19.5 Å². The zero-order valence-corrected chi connectivity index (χ0v) is 14.9. The predicted molar refractivity (Wildman–Crippen MR) is 97.1 cm³/mol. The van der Waals surface area contributed by atoms with E-state index in [0.29, 0.717) is 25.3 Å². The van der Waals surface area contributed by atoms with Crippen LogP contribution in [0.15, 0.2) is 42.5 Å². The van der Waals surface area contributed by atoms with Crippen molar-refractivity contribution in [3.63, 3.8) is 0 Å². The van der Waals surface area contributed by atoms with Crippen LogP contribution in [-0.4, -0.2) is 37.3 Å². The predicted octanol–water partition coefficient (Wildman–Crippen LogP) is 2.03. The quantitative estimate of drug-likeness (QED) is 0.773. The van der Waals surface area contributed by atoms with E-state index in [1.807, 2.05) is 24.3 Å². The number of rotatable bonds is 7. The largest absolute Gasteiger partial charge is 0.497 e. The average Bonchev–Trinajstić information content (AvgIpc) is 2.69. The summed E-state index contributed by atoms with van der Waals surface area (Å²) in [6.07, 6.45) is 0.583. The van der Waals surface area contributed by atoms with Crippen LogP contribution in [0.3, 0.4) is 0 Å². The lowest BCUT2D eigenvalue weighted by atomic mass is 9.95. The van der Waals surface area contributed by atoms with Gasteiger partial charge in [0.1, 0.15) is 23.9 Å². The maximum atomic E-state index is 12.5. The number of carbonyl (C=O) groups is 2. The molecular formula is C20H21NO6. The molecule has 1 aliphatic heterocycles. The van der Waals surface area contributed by atoms with E-state index in [4.69, 9.17) is 19.3 Å². The van der Waals surface area contributed by atoms with Crippen molar-refractivity contribution < 1.29 is 28.9 Å². The molecule has 0 saturated heterocycles. The number of hydrogen-bond donors (Lipinski definition) is 2. The number of carbonyl (C=O) groups excluding carboxylic acids is 1. The highest BCUT2D eigenvalue weighted by Crippen LogP contribution is 2.30. The third-order valence-electron chi connectivity index (χ3n) is 4.27. The van der Waals surface area contributed by atoms with Crippen molar-refractivity contribution in [1.82, 2.24) is 5.32 Å². The van der Waals surface area contributed by atoms with E-state index in [9.17, 15) is 9.59 Å². The highest BCUT2D eigenvalue weighted by atomic mass is 16.5. The standard InChI is InChI=1S/C20H21NO6/c1-25-16-5-6-18-14(9-16)8-15(11-27-18)20(24)21-10-13-3-2-4-17(7-13)26-12-19(22)23/h2-7,9,15H,8,10-12H2,1H3,(H,21,24)(H,22,23). The van der Waals surface area contributed by atoms with E-state index in [2.05, 4.69) is 5.32 Å². The number of fused-ring (bicyclic) bond motifs is 1. The first-order valence-electron chi connectivity index (χ1n) is 8.56. The van der Waals surface area contributed by atoms with Gasteiger partial charge in [0.15, 0.2) is 6.61 Å². The zero-order chi connectivity index (χ0) is 19.2. The van der Waals surface area contributed by atoms with Crippen LogP contribution in [-0.2, 0) is 22.6 Å². The Bertz CT molecular complexity index is 835. The molecule has 0 spiro atoms. The molecule has 2 aromatic carbocycles. The molecule has 0 fully saturated rings. The van der Waals surface area contributed by atoms with E-state index < -0.39 is 12.6 Å². The molecule has 1 aliphatic rings. The summed E-state index contributed by atoms with van der Waals surface area (Å²) in [4.78, 5) is 23.1. The van der Waals surface area contributed by atoms with E-state index >= 15 is 0 Å². The van der Waals surface area contributed by atoms with Gasteiger partial charge in [0.2, 0.25) is 5.91 Å². The van der Waals surface area contributed by atoms with Crippen molar-refractivity contribution in [2.75, 3.05) is 20.3 Å². The lowest BCUT2D eigenvalue weighted by molar-refractivity contribution is -0.139. The third-order valence-corrected chi connectivity index (χ3v) is 4.27. The second-order valence-corrected chi connectivity index (χ2v) is 6.23. The molecule has 7 heteroatoms. The summed E-state index contributed by atoms with van der Waals surface area (Å²) in [5, 5.41) is 11.6. The van der Waals surface area contributed by atoms with Gasteiger partial charge >= 0.3 is 5.97 Å². The van der Waals surface area contributed by atoms with E-state index in [0.717, 1.165) is 22.6 Å². The summed E-state index contributed by atoms with van der Waals surface area (Å²) < 4.78 is 16.1. The first-order valence-corrected chi connectivity index (χ1v) is 8.56. The fraction of sp³-hybridized carbons (Fsp3) is 0.300. The Morgan fingerprint density at radius 1 is 1.22 bits per heavy atom. The number of carboxylic acid groups (broad SMARTS) is 1. The average molecular weight is 371 g/mol. The molecule has 2 N–H and O–H groups in total. The highest BCUT2D eigenvalue weighted by Gasteiger charge is 2.26. The minimum Gasteiger partial charge on any atom is -0.497 e. The van der Waals surface area contributed by atoms with E-state index in [1.54, 1.807) is 25.3 Å². The highest BCUT2D eigenvalue weighted by molar-refractivity contribution is 5.79. The molecule has 1 unspecified atom stereocenters. The van der Waals surface area contributed by atoms with Gasteiger partial charge in [0.05, 0.1) is 13.0 Å². The van der Waals surface area contributed by atoms with Crippen LogP contribution in [0.1, 0.15) is 11.1 Å². The fourth-order valence-electron chi connectivity index (χ4n) is 2.89. The van der Waals surface area contributed by atoms with Gasteiger partial charge in [-0.1, -0.05) is 12.1 Å². The molecule has 27 heavy (non-hydrogen) atoms.